The summed E-state index contributed by atoms with van der Waals surface area (Å²) in [5.41, 5.74) is 28.9. The molecule has 4 heterocycles. The summed E-state index contributed by atoms with van der Waals surface area (Å²) in [6.45, 7) is 7.68. The summed E-state index contributed by atoms with van der Waals surface area (Å²) in [5.74, 6) is 0. The Bertz CT molecular complexity index is 7800. The van der Waals surface area contributed by atoms with Gasteiger partial charge in [-0.1, -0.05) is 328 Å². The van der Waals surface area contributed by atoms with Gasteiger partial charge in [-0.3, -0.25) is 0 Å². The molecule has 5 nitrogen and oxygen atoms in total. The topological polar surface area (TPSA) is 24.1 Å². The molecule has 23 aromatic rings. The fourth-order valence-electron chi connectivity index (χ4n) is 19.0. The smallest absolute Gasteiger partial charge is 0.188 e. The second-order valence-electron chi connectivity index (χ2n) is 31.4. The van der Waals surface area contributed by atoms with Crippen molar-refractivity contribution in [3.05, 3.63) is 479 Å². The van der Waals surface area contributed by atoms with Crippen LogP contribution < -0.4 is 20.7 Å². The fraction of sp³-hybridized carbons (Fsp3) is 0. The van der Waals surface area contributed by atoms with Gasteiger partial charge in [0.05, 0.1) is 50.7 Å². The van der Waals surface area contributed by atoms with Crippen LogP contribution in [-0.2, 0) is 0 Å². The van der Waals surface area contributed by atoms with Crippen LogP contribution in [0.4, 0.5) is 5.69 Å². The lowest BCUT2D eigenvalue weighted by Gasteiger charge is -2.34. The van der Waals surface area contributed by atoms with Gasteiger partial charge in [0, 0.05) is 60.5 Å². The van der Waals surface area contributed by atoms with Gasteiger partial charge >= 0.3 is 0 Å². The van der Waals surface area contributed by atoms with Crippen molar-refractivity contribution in [3.8, 4) is 89.5 Å². The molecule has 566 valence electrons. The largest absolute Gasteiger partial charge is 0.309 e. The molecule has 0 saturated heterocycles. The van der Waals surface area contributed by atoms with Crippen LogP contribution in [0, 0.1) is 6.57 Å². The molecule has 0 amide bonds. The van der Waals surface area contributed by atoms with E-state index in [2.05, 4.69) is 472 Å². The first-order valence-corrected chi connectivity index (χ1v) is 43.4. The number of nitrogens with zero attached hydrogens (tertiary/aromatic N) is 5. The third-order valence-electron chi connectivity index (χ3n) is 24.6. The number of hydrogen-bond acceptors (Lipinski definition) is 0. The predicted octanol–water partition coefficient (Wildman–Crippen LogP) is 27.7. The molecule has 0 fully saturated rings. The summed E-state index contributed by atoms with van der Waals surface area (Å²) >= 11 is 0. The van der Waals surface area contributed by atoms with Crippen LogP contribution in [0.5, 0.6) is 0 Å². The minimum Gasteiger partial charge on any atom is -0.309 e. The van der Waals surface area contributed by atoms with Gasteiger partial charge in [0.1, 0.15) is 0 Å². The summed E-state index contributed by atoms with van der Waals surface area (Å²) in [4.78, 5) is 3.75. The van der Waals surface area contributed by atoms with Gasteiger partial charge < -0.3 is 18.3 Å². The van der Waals surface area contributed by atoms with E-state index in [0.717, 1.165) is 55.7 Å². The third kappa shape index (κ3) is 12.5. The van der Waals surface area contributed by atoms with Crippen molar-refractivity contribution in [1.29, 1.82) is 0 Å². The Labute approximate surface area is 703 Å². The summed E-state index contributed by atoms with van der Waals surface area (Å²) < 4.78 is 9.53. The van der Waals surface area contributed by atoms with Crippen LogP contribution in [0.25, 0.3) is 182 Å². The lowest BCUT2D eigenvalue weighted by molar-refractivity contribution is 1.18. The summed E-state index contributed by atoms with van der Waals surface area (Å²) in [5, 5.41) is 15.1. The molecule has 0 aliphatic heterocycles. The highest BCUT2D eigenvalue weighted by atomic mass is 28.3. The zero-order valence-electron chi connectivity index (χ0n) is 66.2. The Kier molecular flexibility index (Phi) is 17.9. The van der Waals surface area contributed by atoms with Crippen LogP contribution in [0.2, 0.25) is 0 Å². The van der Waals surface area contributed by atoms with E-state index in [1.54, 1.807) is 0 Å². The zero-order chi connectivity index (χ0) is 80.3. The minimum atomic E-state index is -2.78. The van der Waals surface area contributed by atoms with Crippen molar-refractivity contribution in [2.75, 3.05) is 0 Å². The number of hydrogen-bond donors (Lipinski definition) is 0. The first-order chi connectivity index (χ1) is 59.9. The standard InChI is InChI=1S/C66H46N2Si.C49H31N3/c1-6-19-47(20-7-1)49-21-18-22-50(43-49)48-33-37-54(38-34-48)68-63-32-17-16-31-59(63)60-44-51(35-40-64(60)68)52-36-41-65-61(45-52)62-46-58(39-42-66(62)67(65)53-23-8-2-9-24-53)69(55-25-10-3-11-26-55,56-27-12-4-13-28-56)57-29-14-5-15-30-57;1-50-39-23-28-49-45(32-39)44-31-38(22-27-48(44)51(49)40-15-6-3-7-16-40)37-21-26-47-43(30-37)42-17-8-9-18-46(42)52(47)41-24-19-34(20-25-41)36-14-10-13-35(29-36)33-11-4-2-5-12-33/h1-46H;2-32H. The molecule has 0 saturated carbocycles. The van der Waals surface area contributed by atoms with E-state index >= 15 is 0 Å². The zero-order valence-corrected chi connectivity index (χ0v) is 67.2. The predicted molar refractivity (Wildman–Crippen MR) is 513 cm³/mol. The normalized spacial score (nSPS) is 11.6. The van der Waals surface area contributed by atoms with Crippen molar-refractivity contribution in [2.45, 2.75) is 0 Å². The highest BCUT2D eigenvalue weighted by Gasteiger charge is 2.42. The lowest BCUT2D eigenvalue weighted by atomic mass is 9.99. The van der Waals surface area contributed by atoms with E-state index in [9.17, 15) is 0 Å². The Hall–Kier alpha value is -15.9. The van der Waals surface area contributed by atoms with Gasteiger partial charge in [0.2, 0.25) is 0 Å². The van der Waals surface area contributed by atoms with Crippen molar-refractivity contribution in [1.82, 2.24) is 18.3 Å². The third-order valence-corrected chi connectivity index (χ3v) is 29.4. The Morgan fingerprint density at radius 2 is 0.397 bits per heavy atom. The van der Waals surface area contributed by atoms with Crippen molar-refractivity contribution in [2.24, 2.45) is 0 Å². The molecule has 0 unspecified atom stereocenters. The van der Waals surface area contributed by atoms with Crippen LogP contribution in [0.15, 0.2) is 467 Å². The molecule has 19 aromatic carbocycles. The average molecular weight is 1560 g/mol. The quantitative estimate of drug-likeness (QED) is 0.0589. The Balaban J connectivity index is 0.000000151. The van der Waals surface area contributed by atoms with E-state index in [1.807, 2.05) is 18.2 Å². The number of fused-ring (bicyclic) bond motifs is 12. The maximum absolute atomic E-state index is 7.68. The van der Waals surface area contributed by atoms with Crippen molar-refractivity contribution in [3.63, 3.8) is 0 Å². The van der Waals surface area contributed by atoms with E-state index in [4.69, 9.17) is 6.57 Å². The molecule has 6 heteroatoms. The second-order valence-corrected chi connectivity index (χ2v) is 35.2. The molecule has 4 aromatic heterocycles. The highest BCUT2D eigenvalue weighted by molar-refractivity contribution is 7.20. The first kappa shape index (κ1) is 71.6. The van der Waals surface area contributed by atoms with Gasteiger partial charge in [-0.25, -0.2) is 4.85 Å². The van der Waals surface area contributed by atoms with E-state index < -0.39 is 8.07 Å². The molecule has 0 aliphatic carbocycles. The lowest BCUT2D eigenvalue weighted by Crippen LogP contribution is -2.74. The molecule has 0 N–H and O–H groups in total. The van der Waals surface area contributed by atoms with Crippen LogP contribution in [-0.4, -0.2) is 26.3 Å². The van der Waals surface area contributed by atoms with Gasteiger partial charge in [-0.15, -0.1) is 0 Å². The molecular formula is C115H77N5Si. The van der Waals surface area contributed by atoms with Gasteiger partial charge in [-0.05, 0) is 232 Å². The average Bonchev–Trinajstić information content (AvgIpc) is 1.73. The van der Waals surface area contributed by atoms with Gasteiger partial charge in [0.15, 0.2) is 13.8 Å². The molecule has 0 atom stereocenters. The van der Waals surface area contributed by atoms with Crippen molar-refractivity contribution >= 4 is 122 Å². The Morgan fingerprint density at radius 3 is 0.752 bits per heavy atom. The molecule has 0 aliphatic rings. The van der Waals surface area contributed by atoms with Gasteiger partial charge in [-0.2, -0.15) is 0 Å². The summed E-state index contributed by atoms with van der Waals surface area (Å²) in [6, 6.07) is 170. The minimum absolute atomic E-state index is 0.646. The van der Waals surface area contributed by atoms with Gasteiger partial charge in [0.25, 0.3) is 0 Å². The summed E-state index contributed by atoms with van der Waals surface area (Å²) in [6.07, 6.45) is 0. The SMILES string of the molecule is [C-]#[N+]c1ccc2c(c1)c1cc(-c3ccc4c(c3)c3ccccc3n4-c3ccc(-c4cccc(-c5ccccc5)c4)cc3)ccc1n2-c1ccccc1.c1ccc(-c2cccc(-c3ccc(-n4c5ccccc5c5cc(-c6ccc7c(c6)c6cc([Si](c8ccccc8)(c8ccccc8)c8ccccc8)ccc6n7-c6ccccc6)ccc54)cc3)c2)cc1. The first-order valence-electron chi connectivity index (χ1n) is 41.4. The number of rotatable bonds is 14. The van der Waals surface area contributed by atoms with Crippen molar-refractivity contribution < 1.29 is 0 Å². The number of aromatic nitrogens is 4. The molecule has 0 bridgehead atoms. The van der Waals surface area contributed by atoms with E-state index in [1.165, 1.54) is 142 Å². The summed E-state index contributed by atoms with van der Waals surface area (Å²) in [7, 11) is -2.78. The van der Waals surface area contributed by atoms with E-state index in [0.29, 0.717) is 5.69 Å². The molecule has 0 radical (unpaired) electrons. The Morgan fingerprint density at radius 1 is 0.157 bits per heavy atom. The molecular weight excluding hydrogens is 1480 g/mol. The van der Waals surface area contributed by atoms with Crippen LogP contribution in [0.1, 0.15) is 0 Å². The fourth-order valence-corrected chi connectivity index (χ4v) is 23.7. The molecule has 0 spiro atoms. The maximum atomic E-state index is 7.68. The van der Waals surface area contributed by atoms with Crippen LogP contribution >= 0.6 is 0 Å². The number of para-hydroxylation sites is 4. The maximum Gasteiger partial charge on any atom is 0.188 e. The monoisotopic (exact) mass is 1560 g/mol. The number of benzene rings is 19. The van der Waals surface area contributed by atoms with Crippen LogP contribution in [0.3, 0.4) is 0 Å². The molecule has 121 heavy (non-hydrogen) atoms. The van der Waals surface area contributed by atoms with E-state index in [-0.39, 0.29) is 0 Å². The second kappa shape index (κ2) is 30.3. The molecule has 23 rings (SSSR count). The highest BCUT2D eigenvalue weighted by Crippen LogP contribution is 2.43.